The minimum atomic E-state index is 0.825. The molecule has 0 fully saturated rings. The van der Waals surface area contributed by atoms with Gasteiger partial charge in [0, 0.05) is 5.69 Å². The third-order valence-corrected chi connectivity index (χ3v) is 3.35. The quantitative estimate of drug-likeness (QED) is 0.776. The first-order chi connectivity index (χ1) is 8.70. The van der Waals surface area contributed by atoms with Crippen LogP contribution in [0.1, 0.15) is 30.9 Å². The zero-order chi connectivity index (χ0) is 13.0. The van der Waals surface area contributed by atoms with E-state index in [9.17, 15) is 0 Å². The van der Waals surface area contributed by atoms with Gasteiger partial charge in [0.05, 0.1) is 0 Å². The van der Waals surface area contributed by atoms with E-state index in [1.54, 1.807) is 0 Å². The second-order valence-corrected chi connectivity index (χ2v) is 4.87. The van der Waals surface area contributed by atoms with E-state index >= 15 is 0 Å². The summed E-state index contributed by atoms with van der Waals surface area (Å²) in [7, 11) is 0. The van der Waals surface area contributed by atoms with E-state index in [1.807, 2.05) is 6.07 Å². The lowest BCUT2D eigenvalue weighted by molar-refractivity contribution is 0.795. The molecule has 0 spiro atoms. The van der Waals surface area contributed by atoms with E-state index in [2.05, 4.69) is 50.2 Å². The summed E-state index contributed by atoms with van der Waals surface area (Å²) < 4.78 is 0. The van der Waals surface area contributed by atoms with Gasteiger partial charge in [-0.2, -0.15) is 0 Å². The van der Waals surface area contributed by atoms with Crippen molar-refractivity contribution in [3.8, 4) is 11.1 Å². The molecule has 2 aromatic carbocycles. The minimum absolute atomic E-state index is 0.825. The van der Waals surface area contributed by atoms with Crippen molar-refractivity contribution >= 4 is 5.69 Å². The van der Waals surface area contributed by atoms with Gasteiger partial charge >= 0.3 is 0 Å². The number of hydrogen-bond donors (Lipinski definition) is 1. The molecular formula is C17H21N. The standard InChI is InChI=1S/C17H21N/c1-3-4-5-14-7-9-15(10-8-14)17-12-16(18)11-6-13(17)2/h6-12H,3-5,18H2,1-2H3. The zero-order valence-corrected chi connectivity index (χ0v) is 11.2. The highest BCUT2D eigenvalue weighted by molar-refractivity contribution is 5.70. The van der Waals surface area contributed by atoms with Crippen molar-refractivity contribution in [2.75, 3.05) is 5.73 Å². The van der Waals surface area contributed by atoms with Crippen LogP contribution in [0.2, 0.25) is 0 Å². The summed E-state index contributed by atoms with van der Waals surface area (Å²) in [5, 5.41) is 0. The summed E-state index contributed by atoms with van der Waals surface area (Å²) in [5.74, 6) is 0. The number of rotatable bonds is 4. The van der Waals surface area contributed by atoms with E-state index in [0.29, 0.717) is 0 Å². The predicted octanol–water partition coefficient (Wildman–Crippen LogP) is 4.59. The predicted molar refractivity (Wildman–Crippen MR) is 79.6 cm³/mol. The van der Waals surface area contributed by atoms with Crippen molar-refractivity contribution in [3.05, 3.63) is 53.6 Å². The van der Waals surface area contributed by atoms with E-state index in [1.165, 1.54) is 41.5 Å². The fourth-order valence-corrected chi connectivity index (χ4v) is 2.18. The molecule has 0 aromatic heterocycles. The fourth-order valence-electron chi connectivity index (χ4n) is 2.18. The summed E-state index contributed by atoms with van der Waals surface area (Å²) in [6.45, 7) is 4.35. The first kappa shape index (κ1) is 12.7. The Balaban J connectivity index is 2.25. The number of nitrogen functional groups attached to an aromatic ring is 1. The molecule has 94 valence electrons. The van der Waals surface area contributed by atoms with Gasteiger partial charge in [0.25, 0.3) is 0 Å². The highest BCUT2D eigenvalue weighted by Crippen LogP contribution is 2.26. The van der Waals surface area contributed by atoms with Crippen molar-refractivity contribution in [2.45, 2.75) is 33.1 Å². The molecule has 18 heavy (non-hydrogen) atoms. The molecule has 2 aromatic rings. The first-order valence-electron chi connectivity index (χ1n) is 6.66. The summed E-state index contributed by atoms with van der Waals surface area (Å²) in [5.41, 5.74) is 11.9. The largest absolute Gasteiger partial charge is 0.399 e. The first-order valence-corrected chi connectivity index (χ1v) is 6.66. The maximum Gasteiger partial charge on any atom is 0.0320 e. The van der Waals surface area contributed by atoms with Crippen molar-refractivity contribution in [3.63, 3.8) is 0 Å². The van der Waals surface area contributed by atoms with Gasteiger partial charge in [-0.25, -0.2) is 0 Å². The maximum atomic E-state index is 5.86. The van der Waals surface area contributed by atoms with Gasteiger partial charge in [0.2, 0.25) is 0 Å². The monoisotopic (exact) mass is 239 g/mol. The van der Waals surface area contributed by atoms with Crippen LogP contribution in [0.4, 0.5) is 5.69 Å². The highest BCUT2D eigenvalue weighted by Gasteiger charge is 2.02. The molecular weight excluding hydrogens is 218 g/mol. The average Bonchev–Trinajstić information content (AvgIpc) is 2.40. The Bertz CT molecular complexity index is 512. The molecule has 2 rings (SSSR count). The van der Waals surface area contributed by atoms with Gasteiger partial charge in [0.1, 0.15) is 0 Å². The molecule has 0 aliphatic rings. The van der Waals surface area contributed by atoms with E-state index in [-0.39, 0.29) is 0 Å². The maximum absolute atomic E-state index is 5.86. The normalized spacial score (nSPS) is 10.6. The molecule has 0 saturated heterocycles. The van der Waals surface area contributed by atoms with Gasteiger partial charge < -0.3 is 5.73 Å². The molecule has 0 saturated carbocycles. The van der Waals surface area contributed by atoms with Crippen LogP contribution in [-0.2, 0) is 6.42 Å². The fraction of sp³-hybridized carbons (Fsp3) is 0.294. The van der Waals surface area contributed by atoms with Gasteiger partial charge in [-0.05, 0) is 54.2 Å². The molecule has 0 amide bonds. The molecule has 0 aliphatic heterocycles. The second kappa shape index (κ2) is 5.72. The van der Waals surface area contributed by atoms with E-state index in [0.717, 1.165) is 5.69 Å². The van der Waals surface area contributed by atoms with E-state index in [4.69, 9.17) is 5.73 Å². The molecule has 1 heteroatoms. The van der Waals surface area contributed by atoms with Crippen LogP contribution in [0.15, 0.2) is 42.5 Å². The van der Waals surface area contributed by atoms with Crippen molar-refractivity contribution in [2.24, 2.45) is 0 Å². The molecule has 0 atom stereocenters. The third kappa shape index (κ3) is 2.92. The second-order valence-electron chi connectivity index (χ2n) is 4.87. The number of aryl methyl sites for hydroxylation is 2. The molecule has 0 radical (unpaired) electrons. The number of nitrogens with two attached hydrogens (primary N) is 1. The Morgan fingerprint density at radius 3 is 2.39 bits per heavy atom. The van der Waals surface area contributed by atoms with Gasteiger partial charge in [-0.3, -0.25) is 0 Å². The van der Waals surface area contributed by atoms with Crippen LogP contribution in [0.5, 0.6) is 0 Å². The number of hydrogen-bond acceptors (Lipinski definition) is 1. The topological polar surface area (TPSA) is 26.0 Å². The smallest absolute Gasteiger partial charge is 0.0320 e. The Hall–Kier alpha value is -1.76. The number of benzene rings is 2. The van der Waals surface area contributed by atoms with Gasteiger partial charge in [-0.15, -0.1) is 0 Å². The van der Waals surface area contributed by atoms with Gasteiger partial charge in [-0.1, -0.05) is 43.7 Å². The number of unbranched alkanes of at least 4 members (excludes halogenated alkanes) is 1. The lowest BCUT2D eigenvalue weighted by atomic mass is 9.98. The number of anilines is 1. The Kier molecular flexibility index (Phi) is 4.03. The van der Waals surface area contributed by atoms with Crippen LogP contribution in [0, 0.1) is 6.92 Å². The van der Waals surface area contributed by atoms with Crippen molar-refractivity contribution < 1.29 is 0 Å². The van der Waals surface area contributed by atoms with Gasteiger partial charge in [0.15, 0.2) is 0 Å². The summed E-state index contributed by atoms with van der Waals surface area (Å²) in [6, 6.07) is 14.9. The SMILES string of the molecule is CCCCc1ccc(-c2cc(N)ccc2C)cc1. The molecule has 0 heterocycles. The van der Waals surface area contributed by atoms with Crippen LogP contribution in [0.25, 0.3) is 11.1 Å². The van der Waals surface area contributed by atoms with Crippen molar-refractivity contribution in [1.82, 2.24) is 0 Å². The highest BCUT2D eigenvalue weighted by atomic mass is 14.5. The van der Waals surface area contributed by atoms with Crippen LogP contribution < -0.4 is 5.73 Å². The lowest BCUT2D eigenvalue weighted by Gasteiger charge is -2.08. The third-order valence-electron chi connectivity index (χ3n) is 3.35. The molecule has 0 unspecified atom stereocenters. The molecule has 2 N–H and O–H groups in total. The Labute approximate surface area is 110 Å². The summed E-state index contributed by atoms with van der Waals surface area (Å²) in [6.07, 6.45) is 3.68. The zero-order valence-electron chi connectivity index (χ0n) is 11.2. The molecule has 0 aliphatic carbocycles. The van der Waals surface area contributed by atoms with Crippen LogP contribution >= 0.6 is 0 Å². The lowest BCUT2D eigenvalue weighted by Crippen LogP contribution is -1.90. The van der Waals surface area contributed by atoms with Crippen LogP contribution in [0.3, 0.4) is 0 Å². The van der Waals surface area contributed by atoms with E-state index < -0.39 is 0 Å². The molecule has 0 bridgehead atoms. The Morgan fingerprint density at radius 1 is 1.00 bits per heavy atom. The molecule has 1 nitrogen and oxygen atoms in total. The minimum Gasteiger partial charge on any atom is -0.399 e. The van der Waals surface area contributed by atoms with Crippen molar-refractivity contribution in [1.29, 1.82) is 0 Å². The average molecular weight is 239 g/mol. The Morgan fingerprint density at radius 2 is 1.72 bits per heavy atom. The van der Waals surface area contributed by atoms with Crippen LogP contribution in [-0.4, -0.2) is 0 Å². The summed E-state index contributed by atoms with van der Waals surface area (Å²) in [4.78, 5) is 0. The summed E-state index contributed by atoms with van der Waals surface area (Å²) >= 11 is 0.